The normalized spacial score (nSPS) is 40.2. The number of ketones is 2. The molecule has 330 valence electrons. The van der Waals surface area contributed by atoms with E-state index in [9.17, 15) is 49.8 Å². The lowest BCUT2D eigenvalue weighted by Gasteiger charge is -2.43. The van der Waals surface area contributed by atoms with E-state index in [4.69, 9.17) is 9.47 Å². The number of fused-ring (bicyclic) bond motifs is 3. The van der Waals surface area contributed by atoms with E-state index in [0.29, 0.717) is 49.7 Å². The van der Waals surface area contributed by atoms with Crippen molar-refractivity contribution in [1.82, 2.24) is 4.90 Å². The predicted molar refractivity (Wildman–Crippen MR) is 219 cm³/mol. The van der Waals surface area contributed by atoms with Crippen LogP contribution in [0.25, 0.3) is 0 Å². The van der Waals surface area contributed by atoms with Crippen molar-refractivity contribution in [2.75, 3.05) is 6.54 Å². The molecule has 13 nitrogen and oxygen atoms in total. The molecule has 0 spiro atoms. The first-order chi connectivity index (χ1) is 27.1. The number of nitrogens with zero attached hydrogens (tertiary/aromatic N) is 1. The number of piperidine rings is 1. The molecule has 3 aliphatic heterocycles. The Morgan fingerprint density at radius 2 is 1.60 bits per heavy atom. The van der Waals surface area contributed by atoms with Crippen molar-refractivity contribution in [1.29, 1.82) is 0 Å². The van der Waals surface area contributed by atoms with Crippen LogP contribution in [0.5, 0.6) is 0 Å². The molecule has 0 aromatic carbocycles. The molecule has 3 aliphatic rings. The molecule has 0 radical (unpaired) electrons. The highest BCUT2D eigenvalue weighted by molar-refractivity contribution is 6.39. The van der Waals surface area contributed by atoms with Gasteiger partial charge in [0, 0.05) is 37.1 Å². The maximum Gasteiger partial charge on any atom is 0.329 e. The summed E-state index contributed by atoms with van der Waals surface area (Å²) in [5.41, 5.74) is 2.00. The Kier molecular flexibility index (Phi) is 19.0. The molecule has 0 saturated carbocycles. The van der Waals surface area contributed by atoms with Gasteiger partial charge in [0.1, 0.15) is 17.9 Å². The fourth-order valence-electron chi connectivity index (χ4n) is 8.59. The third kappa shape index (κ3) is 13.1. The van der Waals surface area contributed by atoms with Gasteiger partial charge in [-0.2, -0.15) is 0 Å². The molecule has 3 rings (SSSR count). The van der Waals surface area contributed by atoms with Crippen LogP contribution in [-0.2, 0) is 28.7 Å². The van der Waals surface area contributed by atoms with E-state index < -0.39 is 90.0 Å². The summed E-state index contributed by atoms with van der Waals surface area (Å²) in [6, 6.07) is -1.12. The van der Waals surface area contributed by atoms with Gasteiger partial charge >= 0.3 is 5.97 Å². The summed E-state index contributed by atoms with van der Waals surface area (Å²) in [7, 11) is 0. The minimum absolute atomic E-state index is 0.0364. The summed E-state index contributed by atoms with van der Waals surface area (Å²) in [6.07, 6.45) is 1.66. The maximum absolute atomic E-state index is 14.1. The van der Waals surface area contributed by atoms with E-state index in [1.54, 1.807) is 40.7 Å². The van der Waals surface area contributed by atoms with E-state index in [-0.39, 0.29) is 56.3 Å². The second kappa shape index (κ2) is 22.2. The van der Waals surface area contributed by atoms with Crippen molar-refractivity contribution in [2.45, 2.75) is 187 Å². The lowest BCUT2D eigenvalue weighted by Crippen LogP contribution is -2.61. The van der Waals surface area contributed by atoms with E-state index in [2.05, 4.69) is 0 Å². The molecule has 1 amide bonds. The minimum Gasteiger partial charge on any atom is -0.456 e. The number of Topliss-reactive ketones (excluding diaryl/α,β-unsaturated/α-hetero) is 2. The van der Waals surface area contributed by atoms with Gasteiger partial charge in [-0.05, 0) is 107 Å². The molecule has 0 aromatic heterocycles. The Morgan fingerprint density at radius 1 is 0.948 bits per heavy atom. The average molecular weight is 820 g/mol. The first kappa shape index (κ1) is 49.6. The molecule has 0 aliphatic carbocycles. The van der Waals surface area contributed by atoms with E-state index in [0.717, 1.165) is 10.5 Å². The number of ether oxygens (including phenoxy) is 2. The number of carbonyl (C=O) groups excluding carboxylic acids is 4. The standard InChI is InChI=1S/C45H73NO12/c1-10-33-15-17-40(28(5)21-26(3)32(9)47)57-44(55)36-13-11-12-18-46(36)43(54)42(53)45(56)30(7)14-16-35(58-45)24-39(51)31(8)38(50)23-34(48)22-37(49)27(4)19-25(2)20-29(6)41(33)52/h15,19,21,25-26,29-31,34-41,48-52,56H,10-14,16-18,20,22-24H2,1-9H3/b27-19-,28-21+,33-15-. The third-order valence-corrected chi connectivity index (χ3v) is 12.9. The van der Waals surface area contributed by atoms with Crippen LogP contribution in [0.15, 0.2) is 34.9 Å². The number of hydrogen-bond donors (Lipinski definition) is 6. The number of amides is 1. The Balaban J connectivity index is 2.04. The molecule has 2 bridgehead atoms. The zero-order chi connectivity index (χ0) is 43.6. The van der Waals surface area contributed by atoms with Gasteiger partial charge in [-0.25, -0.2) is 4.79 Å². The molecule has 58 heavy (non-hydrogen) atoms. The maximum atomic E-state index is 14.1. The summed E-state index contributed by atoms with van der Waals surface area (Å²) >= 11 is 0. The Morgan fingerprint density at radius 3 is 2.24 bits per heavy atom. The van der Waals surface area contributed by atoms with Gasteiger partial charge in [-0.3, -0.25) is 14.4 Å². The third-order valence-electron chi connectivity index (χ3n) is 12.9. The van der Waals surface area contributed by atoms with Crippen molar-refractivity contribution in [2.24, 2.45) is 29.6 Å². The second-order valence-electron chi connectivity index (χ2n) is 17.8. The first-order valence-electron chi connectivity index (χ1n) is 21.5. The van der Waals surface area contributed by atoms with Gasteiger partial charge in [0.05, 0.1) is 36.6 Å². The monoisotopic (exact) mass is 820 g/mol. The van der Waals surface area contributed by atoms with Gasteiger partial charge in [-0.15, -0.1) is 0 Å². The number of rotatable bonds is 4. The molecule has 6 N–H and O–H groups in total. The lowest BCUT2D eigenvalue weighted by atomic mass is 9.83. The predicted octanol–water partition coefficient (Wildman–Crippen LogP) is 4.48. The van der Waals surface area contributed by atoms with Crippen LogP contribution in [0.4, 0.5) is 0 Å². The van der Waals surface area contributed by atoms with E-state index in [1.807, 2.05) is 32.9 Å². The number of aliphatic hydroxyl groups excluding tert-OH is 5. The number of allylic oxidation sites excluding steroid dienone is 2. The zero-order valence-electron chi connectivity index (χ0n) is 36.3. The van der Waals surface area contributed by atoms with Crippen LogP contribution in [-0.4, -0.2) is 120 Å². The topological polar surface area (TPSA) is 211 Å². The van der Waals surface area contributed by atoms with Crippen molar-refractivity contribution in [3.05, 3.63) is 34.9 Å². The van der Waals surface area contributed by atoms with Crippen molar-refractivity contribution in [3.63, 3.8) is 0 Å². The Hall–Kier alpha value is -2.78. The summed E-state index contributed by atoms with van der Waals surface area (Å²) in [6.45, 7) is 15.9. The highest BCUT2D eigenvalue weighted by Crippen LogP contribution is 2.37. The molecule has 13 heteroatoms. The number of cyclic esters (lactones) is 1. The van der Waals surface area contributed by atoms with Crippen LogP contribution in [0.1, 0.15) is 133 Å². The van der Waals surface area contributed by atoms with E-state index in [1.165, 1.54) is 6.92 Å². The van der Waals surface area contributed by atoms with Gasteiger partial charge in [0.2, 0.25) is 5.79 Å². The SMILES string of the molecule is CC/C1=C/CC(/C(C)=C/C(C)C(C)=O)OC(=O)C2CCCCN2C(=O)C(=O)C2(O)OC(CCC2C)CC(O)C(C)C(O)CC(O)CC(O)/C(C)=C\C(C)CC(C)C1O. The number of hydrogen-bond acceptors (Lipinski definition) is 12. The molecule has 0 aromatic rings. The number of esters is 1. The van der Waals surface area contributed by atoms with Crippen LogP contribution < -0.4 is 0 Å². The lowest BCUT2D eigenvalue weighted by molar-refractivity contribution is -0.266. The average Bonchev–Trinajstić information content (AvgIpc) is 3.17. The number of carbonyl (C=O) groups is 4. The Labute approximate surface area is 345 Å². The number of aliphatic hydroxyl groups is 6. The van der Waals surface area contributed by atoms with Crippen LogP contribution in [0.3, 0.4) is 0 Å². The zero-order valence-corrected chi connectivity index (χ0v) is 36.3. The van der Waals surface area contributed by atoms with Crippen LogP contribution in [0, 0.1) is 29.6 Å². The second-order valence-corrected chi connectivity index (χ2v) is 17.8. The molecule has 2 fully saturated rings. The molecular formula is C45H73NO12. The molecule has 14 atom stereocenters. The summed E-state index contributed by atoms with van der Waals surface area (Å²) < 4.78 is 12.1. The van der Waals surface area contributed by atoms with Crippen molar-refractivity contribution >= 4 is 23.4 Å². The van der Waals surface area contributed by atoms with Gasteiger partial charge in [0.15, 0.2) is 0 Å². The summed E-state index contributed by atoms with van der Waals surface area (Å²) in [5, 5.41) is 67.2. The quantitative estimate of drug-likeness (QED) is 0.132. The fourth-order valence-corrected chi connectivity index (χ4v) is 8.59. The highest BCUT2D eigenvalue weighted by atomic mass is 16.6. The van der Waals surface area contributed by atoms with Crippen LogP contribution >= 0.6 is 0 Å². The summed E-state index contributed by atoms with van der Waals surface area (Å²) in [5.74, 6) is -7.86. The minimum atomic E-state index is -2.53. The molecule has 3 heterocycles. The first-order valence-corrected chi connectivity index (χ1v) is 21.5. The van der Waals surface area contributed by atoms with E-state index >= 15 is 0 Å². The fraction of sp³-hybridized carbons (Fsp3) is 0.778. The van der Waals surface area contributed by atoms with Gasteiger partial charge in [-0.1, -0.05) is 59.8 Å². The van der Waals surface area contributed by atoms with Crippen molar-refractivity contribution in [3.8, 4) is 0 Å². The molecular weight excluding hydrogens is 746 g/mol. The highest BCUT2D eigenvalue weighted by Gasteiger charge is 2.53. The van der Waals surface area contributed by atoms with Gasteiger partial charge in [0.25, 0.3) is 11.7 Å². The van der Waals surface area contributed by atoms with Crippen molar-refractivity contribution < 1.29 is 59.3 Å². The van der Waals surface area contributed by atoms with Crippen LogP contribution in [0.2, 0.25) is 0 Å². The summed E-state index contributed by atoms with van der Waals surface area (Å²) in [4.78, 5) is 55.4. The molecule has 14 unspecified atom stereocenters. The Bertz CT molecular complexity index is 1510. The molecule has 2 saturated heterocycles. The van der Waals surface area contributed by atoms with Gasteiger partial charge < -0.3 is 45.0 Å². The smallest absolute Gasteiger partial charge is 0.329 e. The largest absolute Gasteiger partial charge is 0.456 e.